The second-order valence-corrected chi connectivity index (χ2v) is 5.73. The third kappa shape index (κ3) is 4.28. The molecule has 0 unspecified atom stereocenters. The molecule has 0 fully saturated rings. The highest BCUT2D eigenvalue weighted by Gasteiger charge is 2.19. The first-order chi connectivity index (χ1) is 11.0. The molecule has 0 atom stereocenters. The molecule has 23 heavy (non-hydrogen) atoms. The zero-order valence-electron chi connectivity index (χ0n) is 14.0. The summed E-state index contributed by atoms with van der Waals surface area (Å²) in [5.41, 5.74) is 9.06. The molecule has 0 spiro atoms. The van der Waals surface area contributed by atoms with Crippen molar-refractivity contribution >= 4 is 11.9 Å². The third-order valence-electron chi connectivity index (χ3n) is 3.92. The van der Waals surface area contributed by atoms with Crippen LogP contribution in [-0.2, 0) is 6.54 Å². The Morgan fingerprint density at radius 1 is 1.26 bits per heavy atom. The maximum atomic E-state index is 12.9. The molecule has 1 heterocycles. The zero-order valence-corrected chi connectivity index (χ0v) is 14.0. The summed E-state index contributed by atoms with van der Waals surface area (Å²) in [5, 5.41) is 0. The van der Waals surface area contributed by atoms with E-state index in [-0.39, 0.29) is 11.9 Å². The Bertz CT molecular complexity index is 684. The Balaban J connectivity index is 2.26. The number of carbonyl (C=O) groups excluding carboxylic acids is 1. The number of hydrogen-bond acceptors (Lipinski definition) is 4. The first kappa shape index (κ1) is 16.9. The molecular formula is C18H24N4O. The van der Waals surface area contributed by atoms with Crippen LogP contribution in [0.5, 0.6) is 0 Å². The highest BCUT2D eigenvalue weighted by molar-refractivity contribution is 5.95. The lowest BCUT2D eigenvalue weighted by Gasteiger charge is -2.24. The Kier molecular flexibility index (Phi) is 5.68. The van der Waals surface area contributed by atoms with Gasteiger partial charge in [-0.3, -0.25) is 4.79 Å². The Morgan fingerprint density at radius 3 is 2.65 bits per heavy atom. The number of nitrogens with zero attached hydrogens (tertiary/aromatic N) is 3. The smallest absolute Gasteiger partial charge is 0.257 e. The molecule has 0 aliphatic rings. The molecule has 5 nitrogen and oxygen atoms in total. The highest BCUT2D eigenvalue weighted by atomic mass is 16.2. The van der Waals surface area contributed by atoms with Crippen LogP contribution in [0.4, 0.5) is 5.95 Å². The Morgan fingerprint density at radius 2 is 2.00 bits per heavy atom. The van der Waals surface area contributed by atoms with Gasteiger partial charge in [0.15, 0.2) is 0 Å². The van der Waals surface area contributed by atoms with Crippen molar-refractivity contribution in [1.82, 2.24) is 14.9 Å². The van der Waals surface area contributed by atoms with Gasteiger partial charge in [0.05, 0.1) is 11.3 Å². The first-order valence-corrected chi connectivity index (χ1v) is 7.95. The number of amides is 1. The number of rotatable bonds is 6. The fraction of sp³-hybridized carbons (Fsp3) is 0.389. The molecule has 2 aromatic rings. The number of aromatic nitrogens is 2. The number of aryl methyl sites for hydroxylation is 2. The van der Waals surface area contributed by atoms with Crippen LogP contribution in [0.3, 0.4) is 0 Å². The normalized spacial score (nSPS) is 10.6. The van der Waals surface area contributed by atoms with Crippen LogP contribution >= 0.6 is 0 Å². The number of hydrogen-bond donors (Lipinski definition) is 1. The lowest BCUT2D eigenvalue weighted by atomic mass is 10.1. The van der Waals surface area contributed by atoms with Gasteiger partial charge in [0.2, 0.25) is 5.95 Å². The van der Waals surface area contributed by atoms with Crippen molar-refractivity contribution < 1.29 is 4.79 Å². The number of carbonyl (C=O) groups is 1. The summed E-state index contributed by atoms with van der Waals surface area (Å²) in [6, 6.07) is 8.14. The van der Waals surface area contributed by atoms with Crippen LogP contribution in [0.2, 0.25) is 0 Å². The summed E-state index contributed by atoms with van der Waals surface area (Å²) in [7, 11) is 0. The molecule has 2 rings (SSSR count). The largest absolute Gasteiger partial charge is 0.368 e. The number of unbranched alkanes of at least 4 members (excludes halogenated alkanes) is 1. The molecule has 1 amide bonds. The Hall–Kier alpha value is -2.43. The van der Waals surface area contributed by atoms with E-state index in [0.29, 0.717) is 24.3 Å². The fourth-order valence-corrected chi connectivity index (χ4v) is 2.46. The van der Waals surface area contributed by atoms with Crippen LogP contribution in [0.1, 0.15) is 46.9 Å². The molecule has 0 saturated heterocycles. The van der Waals surface area contributed by atoms with Crippen molar-refractivity contribution in [1.29, 1.82) is 0 Å². The van der Waals surface area contributed by atoms with E-state index < -0.39 is 0 Å². The monoisotopic (exact) mass is 312 g/mol. The highest BCUT2D eigenvalue weighted by Crippen LogP contribution is 2.15. The predicted molar refractivity (Wildman–Crippen MR) is 92.0 cm³/mol. The fourth-order valence-electron chi connectivity index (χ4n) is 2.46. The van der Waals surface area contributed by atoms with Gasteiger partial charge in [0.1, 0.15) is 0 Å². The number of benzene rings is 1. The lowest BCUT2D eigenvalue weighted by molar-refractivity contribution is 0.0739. The topological polar surface area (TPSA) is 72.1 Å². The van der Waals surface area contributed by atoms with Gasteiger partial charge >= 0.3 is 0 Å². The van der Waals surface area contributed by atoms with Crippen molar-refractivity contribution in [2.45, 2.75) is 40.2 Å². The molecule has 0 bridgehead atoms. The summed E-state index contributed by atoms with van der Waals surface area (Å²) < 4.78 is 0. The lowest BCUT2D eigenvalue weighted by Crippen LogP contribution is -2.32. The van der Waals surface area contributed by atoms with Crippen LogP contribution in [0.25, 0.3) is 0 Å². The third-order valence-corrected chi connectivity index (χ3v) is 3.92. The molecule has 0 radical (unpaired) electrons. The molecular weight excluding hydrogens is 288 g/mol. The van der Waals surface area contributed by atoms with Gasteiger partial charge in [0, 0.05) is 19.3 Å². The minimum absolute atomic E-state index is 0.0424. The molecule has 0 aliphatic carbocycles. The molecule has 1 aromatic heterocycles. The predicted octanol–water partition coefficient (Wildman–Crippen LogP) is 3.12. The van der Waals surface area contributed by atoms with E-state index in [0.717, 1.165) is 18.4 Å². The van der Waals surface area contributed by atoms with Crippen molar-refractivity contribution in [3.05, 3.63) is 52.8 Å². The number of anilines is 1. The van der Waals surface area contributed by atoms with Crippen LogP contribution < -0.4 is 5.73 Å². The van der Waals surface area contributed by atoms with E-state index in [1.165, 1.54) is 11.8 Å². The maximum absolute atomic E-state index is 12.9. The van der Waals surface area contributed by atoms with Crippen molar-refractivity contribution in [3.63, 3.8) is 0 Å². The van der Waals surface area contributed by atoms with Gasteiger partial charge in [-0.1, -0.05) is 37.6 Å². The SMILES string of the molecule is CCCCN(Cc1ccccc1C)C(=O)c1cnc(N)nc1C. The number of nitrogen functional groups attached to an aromatic ring is 1. The quantitative estimate of drug-likeness (QED) is 0.889. The number of nitrogens with two attached hydrogens (primary N) is 1. The second kappa shape index (κ2) is 7.72. The van der Waals surface area contributed by atoms with E-state index in [2.05, 4.69) is 35.9 Å². The van der Waals surface area contributed by atoms with E-state index >= 15 is 0 Å². The van der Waals surface area contributed by atoms with E-state index in [4.69, 9.17) is 5.73 Å². The summed E-state index contributed by atoms with van der Waals surface area (Å²) in [5.74, 6) is 0.150. The molecule has 122 valence electrons. The molecule has 1 aromatic carbocycles. The van der Waals surface area contributed by atoms with Crippen molar-refractivity contribution in [3.8, 4) is 0 Å². The average Bonchev–Trinajstić information content (AvgIpc) is 2.52. The first-order valence-electron chi connectivity index (χ1n) is 7.95. The van der Waals surface area contributed by atoms with Crippen molar-refractivity contribution in [2.24, 2.45) is 0 Å². The van der Waals surface area contributed by atoms with Gasteiger partial charge in [0.25, 0.3) is 5.91 Å². The van der Waals surface area contributed by atoms with Gasteiger partial charge in [-0.2, -0.15) is 0 Å². The Labute approximate surface area is 137 Å². The van der Waals surface area contributed by atoms with Gasteiger partial charge in [-0.15, -0.1) is 0 Å². The second-order valence-electron chi connectivity index (χ2n) is 5.73. The van der Waals surface area contributed by atoms with E-state index in [1.54, 1.807) is 6.92 Å². The van der Waals surface area contributed by atoms with Crippen LogP contribution in [0, 0.1) is 13.8 Å². The molecule has 2 N–H and O–H groups in total. The average molecular weight is 312 g/mol. The summed E-state index contributed by atoms with van der Waals surface area (Å²) in [6.45, 7) is 7.28. The maximum Gasteiger partial charge on any atom is 0.257 e. The standard InChI is InChI=1S/C18H24N4O/c1-4-5-10-22(12-15-9-7-6-8-13(15)2)17(23)16-11-20-18(19)21-14(16)3/h6-9,11H,4-5,10,12H2,1-3H3,(H2,19,20,21). The zero-order chi connectivity index (χ0) is 16.8. The van der Waals surface area contributed by atoms with Gasteiger partial charge in [-0.25, -0.2) is 9.97 Å². The minimum atomic E-state index is -0.0424. The summed E-state index contributed by atoms with van der Waals surface area (Å²) in [6.07, 6.45) is 3.53. The van der Waals surface area contributed by atoms with Crippen LogP contribution in [-0.4, -0.2) is 27.3 Å². The van der Waals surface area contributed by atoms with E-state index in [1.807, 2.05) is 17.0 Å². The summed E-state index contributed by atoms with van der Waals surface area (Å²) >= 11 is 0. The van der Waals surface area contributed by atoms with Gasteiger partial charge in [-0.05, 0) is 31.4 Å². The molecule has 0 saturated carbocycles. The van der Waals surface area contributed by atoms with Gasteiger partial charge < -0.3 is 10.6 Å². The minimum Gasteiger partial charge on any atom is -0.368 e. The molecule has 0 aliphatic heterocycles. The summed E-state index contributed by atoms with van der Waals surface area (Å²) in [4.78, 5) is 22.8. The molecule has 5 heteroatoms. The van der Waals surface area contributed by atoms with E-state index in [9.17, 15) is 4.79 Å². The van der Waals surface area contributed by atoms with Crippen LogP contribution in [0.15, 0.2) is 30.5 Å². The van der Waals surface area contributed by atoms with Crippen molar-refractivity contribution in [2.75, 3.05) is 12.3 Å².